The van der Waals surface area contributed by atoms with Crippen LogP contribution in [-0.2, 0) is 11.4 Å². The fourth-order valence-electron chi connectivity index (χ4n) is 1.75. The number of aliphatic hydroxyl groups is 1. The van der Waals surface area contributed by atoms with Crippen molar-refractivity contribution in [3.8, 4) is 11.5 Å². The summed E-state index contributed by atoms with van der Waals surface area (Å²) in [7, 11) is 0. The van der Waals surface area contributed by atoms with Crippen molar-refractivity contribution in [2.24, 2.45) is 0 Å². The number of carbonyl (C=O) groups excluding carboxylic acids is 1. The van der Waals surface area contributed by atoms with Gasteiger partial charge in [-0.25, -0.2) is 0 Å². The molecule has 18 heavy (non-hydrogen) atoms. The Balaban J connectivity index is 2.39. The molecule has 1 heterocycles. The van der Waals surface area contributed by atoms with Crippen LogP contribution in [0, 0.1) is 0 Å². The van der Waals surface area contributed by atoms with Crippen LogP contribution in [0.15, 0.2) is 12.1 Å². The van der Waals surface area contributed by atoms with Crippen LogP contribution >= 0.6 is 0 Å². The number of nitrogens with one attached hydrogen (secondary N) is 1. The number of fused-ring (bicyclic) bond motifs is 1. The van der Waals surface area contributed by atoms with E-state index in [1.54, 1.807) is 19.1 Å². The molecule has 0 aromatic heterocycles. The first kappa shape index (κ1) is 12.7. The summed E-state index contributed by atoms with van der Waals surface area (Å²) in [6.45, 7) is 4.14. The van der Waals surface area contributed by atoms with Crippen molar-refractivity contribution in [1.29, 1.82) is 0 Å². The summed E-state index contributed by atoms with van der Waals surface area (Å²) < 4.78 is 11.1. The standard InChI is InChI=1S/C13H17NO4/c1-3-4-17-11-6-9(7-15)5-10-12(11)18-8(2)13(16)14-10/h5-6,8,15H,3-4,7H2,1-2H3,(H,14,16). The van der Waals surface area contributed by atoms with Gasteiger partial charge < -0.3 is 19.9 Å². The van der Waals surface area contributed by atoms with Gasteiger partial charge in [-0.05, 0) is 31.0 Å². The Bertz CT molecular complexity index is 459. The number of anilines is 1. The molecular formula is C13H17NO4. The molecule has 0 spiro atoms. The van der Waals surface area contributed by atoms with E-state index in [0.717, 1.165) is 6.42 Å². The summed E-state index contributed by atoms with van der Waals surface area (Å²) >= 11 is 0. The highest BCUT2D eigenvalue weighted by Gasteiger charge is 2.27. The molecule has 5 heteroatoms. The third-order valence-electron chi connectivity index (χ3n) is 2.68. The zero-order chi connectivity index (χ0) is 13.1. The van der Waals surface area contributed by atoms with Crippen molar-refractivity contribution in [2.45, 2.75) is 33.0 Å². The second kappa shape index (κ2) is 5.27. The third-order valence-corrected chi connectivity index (χ3v) is 2.68. The monoisotopic (exact) mass is 251 g/mol. The summed E-state index contributed by atoms with van der Waals surface area (Å²) in [5.41, 5.74) is 1.23. The first-order chi connectivity index (χ1) is 8.65. The number of carbonyl (C=O) groups is 1. The minimum atomic E-state index is -0.540. The van der Waals surface area contributed by atoms with Gasteiger partial charge in [0.25, 0.3) is 5.91 Å². The Kier molecular flexibility index (Phi) is 3.72. The second-order valence-electron chi connectivity index (χ2n) is 4.23. The van der Waals surface area contributed by atoms with E-state index in [-0.39, 0.29) is 12.5 Å². The Morgan fingerprint density at radius 1 is 1.50 bits per heavy atom. The lowest BCUT2D eigenvalue weighted by Gasteiger charge is -2.25. The smallest absolute Gasteiger partial charge is 0.265 e. The average molecular weight is 251 g/mol. The van der Waals surface area contributed by atoms with E-state index in [0.29, 0.717) is 29.4 Å². The van der Waals surface area contributed by atoms with Crippen LogP contribution in [0.1, 0.15) is 25.8 Å². The highest BCUT2D eigenvalue weighted by molar-refractivity contribution is 5.98. The summed E-state index contributed by atoms with van der Waals surface area (Å²) in [6.07, 6.45) is 0.335. The van der Waals surface area contributed by atoms with E-state index in [1.165, 1.54) is 0 Å². The molecule has 2 rings (SSSR count). The van der Waals surface area contributed by atoms with Crippen molar-refractivity contribution in [3.63, 3.8) is 0 Å². The number of hydrogen-bond acceptors (Lipinski definition) is 4. The topological polar surface area (TPSA) is 67.8 Å². The summed E-state index contributed by atoms with van der Waals surface area (Å²) in [5.74, 6) is 0.900. The number of aliphatic hydroxyl groups excluding tert-OH is 1. The predicted octanol–water partition coefficient (Wildman–Crippen LogP) is 1.69. The van der Waals surface area contributed by atoms with Gasteiger partial charge in [0.15, 0.2) is 17.6 Å². The molecule has 0 aliphatic carbocycles. The lowest BCUT2D eigenvalue weighted by atomic mass is 10.1. The van der Waals surface area contributed by atoms with Gasteiger partial charge in [0.2, 0.25) is 0 Å². The largest absolute Gasteiger partial charge is 0.490 e. The van der Waals surface area contributed by atoms with Crippen LogP contribution in [-0.4, -0.2) is 23.7 Å². The van der Waals surface area contributed by atoms with Crippen LogP contribution in [0.4, 0.5) is 5.69 Å². The zero-order valence-corrected chi connectivity index (χ0v) is 10.5. The second-order valence-corrected chi connectivity index (χ2v) is 4.23. The van der Waals surface area contributed by atoms with Gasteiger partial charge in [0.05, 0.1) is 18.9 Å². The number of amides is 1. The van der Waals surface area contributed by atoms with Gasteiger partial charge >= 0.3 is 0 Å². The number of benzene rings is 1. The summed E-state index contributed by atoms with van der Waals surface area (Å²) in [6, 6.07) is 3.43. The van der Waals surface area contributed by atoms with E-state index in [1.807, 2.05) is 6.92 Å². The van der Waals surface area contributed by atoms with Crippen molar-refractivity contribution in [2.75, 3.05) is 11.9 Å². The lowest BCUT2D eigenvalue weighted by Crippen LogP contribution is -2.34. The molecule has 1 aliphatic rings. The van der Waals surface area contributed by atoms with Crippen LogP contribution in [0.2, 0.25) is 0 Å². The maximum atomic E-state index is 11.5. The molecule has 1 aliphatic heterocycles. The molecule has 98 valence electrons. The minimum Gasteiger partial charge on any atom is -0.490 e. The summed E-state index contributed by atoms with van der Waals surface area (Å²) in [5, 5.41) is 11.9. The lowest BCUT2D eigenvalue weighted by molar-refractivity contribution is -0.122. The Morgan fingerprint density at radius 3 is 2.94 bits per heavy atom. The molecule has 0 saturated heterocycles. The van der Waals surface area contributed by atoms with Crippen molar-refractivity contribution >= 4 is 11.6 Å². The van der Waals surface area contributed by atoms with Crippen molar-refractivity contribution in [3.05, 3.63) is 17.7 Å². The number of ether oxygens (including phenoxy) is 2. The Morgan fingerprint density at radius 2 is 2.28 bits per heavy atom. The third kappa shape index (κ3) is 2.41. The molecule has 1 atom stereocenters. The average Bonchev–Trinajstić information content (AvgIpc) is 2.37. The minimum absolute atomic E-state index is 0.110. The zero-order valence-electron chi connectivity index (χ0n) is 10.5. The first-order valence-electron chi connectivity index (χ1n) is 6.03. The quantitative estimate of drug-likeness (QED) is 0.854. The molecule has 0 bridgehead atoms. The molecule has 0 fully saturated rings. The van der Waals surface area contributed by atoms with Crippen LogP contribution in [0.5, 0.6) is 11.5 Å². The highest BCUT2D eigenvalue weighted by Crippen LogP contribution is 2.40. The van der Waals surface area contributed by atoms with Crippen LogP contribution in [0.3, 0.4) is 0 Å². The summed E-state index contributed by atoms with van der Waals surface area (Å²) in [4.78, 5) is 11.5. The fraction of sp³-hybridized carbons (Fsp3) is 0.462. The van der Waals surface area contributed by atoms with Gasteiger partial charge in [0, 0.05) is 0 Å². The van der Waals surface area contributed by atoms with E-state index < -0.39 is 6.10 Å². The molecule has 1 unspecified atom stereocenters. The van der Waals surface area contributed by atoms with Gasteiger partial charge in [-0.2, -0.15) is 0 Å². The van der Waals surface area contributed by atoms with E-state index in [9.17, 15) is 9.90 Å². The predicted molar refractivity (Wildman–Crippen MR) is 66.9 cm³/mol. The maximum absolute atomic E-state index is 11.5. The normalized spacial score (nSPS) is 17.7. The number of rotatable bonds is 4. The first-order valence-corrected chi connectivity index (χ1v) is 6.03. The van der Waals surface area contributed by atoms with Crippen LogP contribution in [0.25, 0.3) is 0 Å². The fourth-order valence-corrected chi connectivity index (χ4v) is 1.75. The van der Waals surface area contributed by atoms with Gasteiger partial charge in [0.1, 0.15) is 0 Å². The van der Waals surface area contributed by atoms with Crippen molar-refractivity contribution in [1.82, 2.24) is 0 Å². The van der Waals surface area contributed by atoms with E-state index in [4.69, 9.17) is 9.47 Å². The molecular weight excluding hydrogens is 234 g/mol. The van der Waals surface area contributed by atoms with Gasteiger partial charge in [-0.1, -0.05) is 6.92 Å². The SMILES string of the molecule is CCCOc1cc(CO)cc2c1OC(C)C(=O)N2. The van der Waals surface area contributed by atoms with Crippen molar-refractivity contribution < 1.29 is 19.4 Å². The highest BCUT2D eigenvalue weighted by atomic mass is 16.5. The molecule has 1 aromatic rings. The molecule has 0 radical (unpaired) electrons. The Hall–Kier alpha value is -1.75. The van der Waals surface area contributed by atoms with Crippen LogP contribution < -0.4 is 14.8 Å². The van der Waals surface area contributed by atoms with E-state index >= 15 is 0 Å². The molecule has 5 nitrogen and oxygen atoms in total. The Labute approximate surface area is 106 Å². The maximum Gasteiger partial charge on any atom is 0.265 e. The van der Waals surface area contributed by atoms with Gasteiger partial charge in [-0.15, -0.1) is 0 Å². The van der Waals surface area contributed by atoms with Gasteiger partial charge in [-0.3, -0.25) is 4.79 Å². The molecule has 2 N–H and O–H groups in total. The molecule has 0 saturated carbocycles. The van der Waals surface area contributed by atoms with E-state index in [2.05, 4.69) is 5.32 Å². The molecule has 1 amide bonds. The number of hydrogen-bond donors (Lipinski definition) is 2. The molecule has 1 aromatic carbocycles.